The van der Waals surface area contributed by atoms with Crippen molar-refractivity contribution in [3.8, 4) is 17.2 Å². The number of nitrogens with zero attached hydrogens (tertiary/aromatic N) is 3. The number of methoxy groups -OCH3 is 3. The molecular weight excluding hydrogens is 420 g/mol. The summed E-state index contributed by atoms with van der Waals surface area (Å²) < 4.78 is 18.0. The number of rotatable bonds is 7. The molecule has 4 aromatic rings. The average Bonchev–Trinajstić information content (AvgIpc) is 3.11. The van der Waals surface area contributed by atoms with Crippen molar-refractivity contribution < 1.29 is 19.0 Å². The van der Waals surface area contributed by atoms with Gasteiger partial charge in [-0.1, -0.05) is 26.0 Å². The van der Waals surface area contributed by atoms with Gasteiger partial charge in [-0.25, -0.2) is 9.67 Å². The third-order valence-corrected chi connectivity index (χ3v) is 5.37. The standard InChI is InChI=1S/C25H28N4O4/c1-14(2)13-29-24-18(10-16-8-7-15(3)9-19(16)26-24)23(28-29)27-25(30)17-11-20(31-4)22(33-6)21(12-17)32-5/h7-12,14H,13H2,1-6H3,(H,27,28,30). The molecule has 0 atom stereocenters. The summed E-state index contributed by atoms with van der Waals surface area (Å²) in [6, 6.07) is 11.4. The number of nitrogens with one attached hydrogen (secondary N) is 1. The third kappa shape index (κ3) is 4.28. The van der Waals surface area contributed by atoms with Crippen LogP contribution in [-0.4, -0.2) is 42.0 Å². The summed E-state index contributed by atoms with van der Waals surface area (Å²) in [5.41, 5.74) is 3.14. The van der Waals surface area contributed by atoms with Gasteiger partial charge in [0.25, 0.3) is 5.91 Å². The van der Waals surface area contributed by atoms with E-state index in [-0.39, 0.29) is 5.91 Å². The van der Waals surface area contributed by atoms with Gasteiger partial charge in [0.05, 0.1) is 32.2 Å². The molecule has 0 aliphatic heterocycles. The molecule has 33 heavy (non-hydrogen) atoms. The lowest BCUT2D eigenvalue weighted by molar-refractivity contribution is 0.102. The van der Waals surface area contributed by atoms with Gasteiger partial charge < -0.3 is 19.5 Å². The topological polar surface area (TPSA) is 87.5 Å². The molecule has 0 bridgehead atoms. The fourth-order valence-corrected chi connectivity index (χ4v) is 3.82. The Morgan fingerprint density at radius 2 is 1.73 bits per heavy atom. The van der Waals surface area contributed by atoms with Crippen LogP contribution >= 0.6 is 0 Å². The minimum Gasteiger partial charge on any atom is -0.493 e. The Bertz CT molecular complexity index is 1320. The van der Waals surface area contributed by atoms with Gasteiger partial charge in [-0.05, 0) is 42.7 Å². The van der Waals surface area contributed by atoms with Crippen molar-refractivity contribution in [1.29, 1.82) is 0 Å². The number of aromatic nitrogens is 3. The molecule has 8 nitrogen and oxygen atoms in total. The van der Waals surface area contributed by atoms with Crippen LogP contribution in [0.25, 0.3) is 21.9 Å². The minimum atomic E-state index is -0.339. The second-order valence-electron chi connectivity index (χ2n) is 8.35. The van der Waals surface area contributed by atoms with Gasteiger partial charge in [0, 0.05) is 17.5 Å². The van der Waals surface area contributed by atoms with Crippen molar-refractivity contribution in [2.24, 2.45) is 5.92 Å². The Labute approximate surface area is 192 Å². The van der Waals surface area contributed by atoms with Crippen molar-refractivity contribution in [1.82, 2.24) is 14.8 Å². The van der Waals surface area contributed by atoms with E-state index in [1.807, 2.05) is 29.8 Å². The van der Waals surface area contributed by atoms with E-state index in [1.54, 1.807) is 12.1 Å². The van der Waals surface area contributed by atoms with Gasteiger partial charge in [-0.2, -0.15) is 5.10 Å². The van der Waals surface area contributed by atoms with Crippen LogP contribution in [0, 0.1) is 12.8 Å². The third-order valence-electron chi connectivity index (χ3n) is 5.37. The molecule has 0 aliphatic rings. The summed E-state index contributed by atoms with van der Waals surface area (Å²) in [5, 5.41) is 9.41. The lowest BCUT2D eigenvalue weighted by atomic mass is 10.1. The monoisotopic (exact) mass is 448 g/mol. The highest BCUT2D eigenvalue weighted by Crippen LogP contribution is 2.38. The Morgan fingerprint density at radius 1 is 1.03 bits per heavy atom. The second-order valence-corrected chi connectivity index (χ2v) is 8.35. The normalized spacial score (nSPS) is 11.2. The molecule has 1 N–H and O–H groups in total. The largest absolute Gasteiger partial charge is 0.493 e. The molecule has 1 amide bonds. The number of hydrogen-bond acceptors (Lipinski definition) is 6. The van der Waals surface area contributed by atoms with Crippen molar-refractivity contribution in [3.05, 3.63) is 47.5 Å². The maximum atomic E-state index is 13.2. The van der Waals surface area contributed by atoms with E-state index in [0.717, 1.165) is 27.5 Å². The summed E-state index contributed by atoms with van der Waals surface area (Å²) >= 11 is 0. The van der Waals surface area contributed by atoms with E-state index < -0.39 is 0 Å². The van der Waals surface area contributed by atoms with Crippen molar-refractivity contribution in [3.63, 3.8) is 0 Å². The molecule has 172 valence electrons. The van der Waals surface area contributed by atoms with Gasteiger partial charge in [0.1, 0.15) is 0 Å². The first-order valence-electron chi connectivity index (χ1n) is 10.7. The number of ether oxygens (including phenoxy) is 3. The van der Waals surface area contributed by atoms with E-state index in [9.17, 15) is 4.79 Å². The van der Waals surface area contributed by atoms with Gasteiger partial charge in [0.2, 0.25) is 5.75 Å². The highest BCUT2D eigenvalue weighted by atomic mass is 16.5. The molecule has 2 aromatic heterocycles. The number of carbonyl (C=O) groups excluding carboxylic acids is 1. The Balaban J connectivity index is 1.79. The van der Waals surface area contributed by atoms with Crippen LogP contribution in [0.5, 0.6) is 17.2 Å². The SMILES string of the molecule is COc1cc(C(=O)Nc2nn(CC(C)C)c3nc4cc(C)ccc4cc23)cc(OC)c1OC. The van der Waals surface area contributed by atoms with E-state index >= 15 is 0 Å². The number of benzene rings is 2. The zero-order valence-electron chi connectivity index (χ0n) is 19.7. The maximum absolute atomic E-state index is 13.2. The van der Waals surface area contributed by atoms with E-state index in [1.165, 1.54) is 21.3 Å². The number of carbonyl (C=O) groups is 1. The highest BCUT2D eigenvalue weighted by molar-refractivity contribution is 6.09. The van der Waals surface area contributed by atoms with Gasteiger partial charge in [-0.15, -0.1) is 0 Å². The number of anilines is 1. The van der Waals surface area contributed by atoms with Crippen LogP contribution in [-0.2, 0) is 6.54 Å². The van der Waals surface area contributed by atoms with Crippen LogP contribution in [0.4, 0.5) is 5.82 Å². The van der Waals surface area contributed by atoms with Crippen LogP contribution < -0.4 is 19.5 Å². The quantitative estimate of drug-likeness (QED) is 0.436. The fraction of sp³-hybridized carbons (Fsp3) is 0.320. The van der Waals surface area contributed by atoms with E-state index in [0.29, 0.717) is 41.1 Å². The smallest absolute Gasteiger partial charge is 0.257 e. The zero-order valence-corrected chi connectivity index (χ0v) is 19.7. The fourth-order valence-electron chi connectivity index (χ4n) is 3.82. The first-order chi connectivity index (χ1) is 15.8. The Hall–Kier alpha value is -3.81. The zero-order chi connectivity index (χ0) is 23.7. The Morgan fingerprint density at radius 3 is 2.33 bits per heavy atom. The van der Waals surface area contributed by atoms with Crippen LogP contribution in [0.3, 0.4) is 0 Å². The van der Waals surface area contributed by atoms with E-state index in [2.05, 4.69) is 25.2 Å². The summed E-state index contributed by atoms with van der Waals surface area (Å²) in [6.07, 6.45) is 0. The lowest BCUT2D eigenvalue weighted by Gasteiger charge is -2.13. The van der Waals surface area contributed by atoms with Crippen LogP contribution in [0.2, 0.25) is 0 Å². The number of pyridine rings is 1. The molecule has 0 spiro atoms. The number of fused-ring (bicyclic) bond motifs is 2. The number of hydrogen-bond donors (Lipinski definition) is 1. The minimum absolute atomic E-state index is 0.339. The molecule has 0 unspecified atom stereocenters. The van der Waals surface area contributed by atoms with Gasteiger partial charge in [-0.3, -0.25) is 4.79 Å². The lowest BCUT2D eigenvalue weighted by Crippen LogP contribution is -2.14. The van der Waals surface area contributed by atoms with Crippen molar-refractivity contribution >= 4 is 33.7 Å². The van der Waals surface area contributed by atoms with Crippen LogP contribution in [0.15, 0.2) is 36.4 Å². The highest BCUT2D eigenvalue weighted by Gasteiger charge is 2.20. The number of amides is 1. The van der Waals surface area contributed by atoms with Crippen molar-refractivity contribution in [2.45, 2.75) is 27.3 Å². The molecule has 8 heteroatoms. The van der Waals surface area contributed by atoms with E-state index in [4.69, 9.17) is 24.3 Å². The first kappa shape index (κ1) is 22.4. The summed E-state index contributed by atoms with van der Waals surface area (Å²) in [6.45, 7) is 6.96. The molecule has 2 aromatic carbocycles. The van der Waals surface area contributed by atoms with Crippen LogP contribution in [0.1, 0.15) is 29.8 Å². The van der Waals surface area contributed by atoms with Gasteiger partial charge in [0.15, 0.2) is 23.0 Å². The number of aryl methyl sites for hydroxylation is 1. The maximum Gasteiger partial charge on any atom is 0.257 e. The summed E-state index contributed by atoms with van der Waals surface area (Å²) in [7, 11) is 4.55. The molecule has 0 radical (unpaired) electrons. The van der Waals surface area contributed by atoms with Crippen molar-refractivity contribution in [2.75, 3.05) is 26.6 Å². The molecule has 0 fully saturated rings. The van der Waals surface area contributed by atoms with Gasteiger partial charge >= 0.3 is 0 Å². The molecule has 0 saturated heterocycles. The summed E-state index contributed by atoms with van der Waals surface area (Å²) in [4.78, 5) is 18.1. The summed E-state index contributed by atoms with van der Waals surface area (Å²) in [5.74, 6) is 1.71. The predicted octanol–water partition coefficient (Wildman–Crippen LogP) is 4.83. The molecule has 2 heterocycles. The average molecular weight is 449 g/mol. The second kappa shape index (κ2) is 8.97. The predicted molar refractivity (Wildman–Crippen MR) is 129 cm³/mol. The first-order valence-corrected chi connectivity index (χ1v) is 10.7. The molecule has 0 saturated carbocycles. The molecule has 4 rings (SSSR count). The molecule has 0 aliphatic carbocycles. The molecular formula is C25H28N4O4. The Kier molecular flexibility index (Phi) is 6.09.